The van der Waals surface area contributed by atoms with Crippen molar-refractivity contribution in [3.05, 3.63) is 78.9 Å². The van der Waals surface area contributed by atoms with Crippen LogP contribution in [0.3, 0.4) is 0 Å². The van der Waals surface area contributed by atoms with Crippen LogP contribution in [0.1, 0.15) is 0 Å². The summed E-state index contributed by atoms with van der Waals surface area (Å²) in [6.07, 6.45) is 0. The van der Waals surface area contributed by atoms with Crippen molar-refractivity contribution in [3.63, 3.8) is 0 Å². The van der Waals surface area contributed by atoms with Crippen LogP contribution in [0.15, 0.2) is 78.9 Å². The first-order valence-corrected chi connectivity index (χ1v) is 7.61. The van der Waals surface area contributed by atoms with Crippen LogP contribution in [0.5, 0.6) is 0 Å². The summed E-state index contributed by atoms with van der Waals surface area (Å²) >= 11 is 0. The molecule has 2 nitrogen and oxygen atoms in total. The van der Waals surface area contributed by atoms with E-state index in [1.54, 1.807) is 0 Å². The van der Waals surface area contributed by atoms with Crippen molar-refractivity contribution in [1.29, 1.82) is 0 Å². The lowest BCUT2D eigenvalue weighted by atomic mass is 9.74. The van der Waals surface area contributed by atoms with Gasteiger partial charge in [-0.05, 0) is 50.3 Å². The molecule has 0 saturated heterocycles. The molecule has 0 fully saturated rings. The van der Waals surface area contributed by atoms with Crippen LogP contribution in [0.4, 0.5) is 0 Å². The first kappa shape index (κ1) is 14.0. The van der Waals surface area contributed by atoms with Crippen molar-refractivity contribution in [3.8, 4) is 11.1 Å². The smallest absolute Gasteiger partial charge is 0.423 e. The Balaban J connectivity index is 2.04. The summed E-state index contributed by atoms with van der Waals surface area (Å²) in [4.78, 5) is 0. The van der Waals surface area contributed by atoms with Gasteiger partial charge in [0.05, 0.1) is 0 Å². The summed E-state index contributed by atoms with van der Waals surface area (Å²) in [5.74, 6) is 0. The van der Waals surface area contributed by atoms with Crippen LogP contribution in [-0.4, -0.2) is 17.2 Å². The maximum atomic E-state index is 9.86. The van der Waals surface area contributed by atoms with Crippen LogP contribution in [0.25, 0.3) is 32.7 Å². The largest absolute Gasteiger partial charge is 0.489 e. The summed E-state index contributed by atoms with van der Waals surface area (Å²) in [5.41, 5.74) is 2.83. The molecular weight excluding hydrogens is 283 g/mol. The van der Waals surface area contributed by atoms with E-state index in [-0.39, 0.29) is 0 Å². The second-order valence-corrected chi connectivity index (χ2v) is 5.69. The lowest BCUT2D eigenvalue weighted by Gasteiger charge is -2.12. The van der Waals surface area contributed by atoms with E-state index >= 15 is 0 Å². The quantitative estimate of drug-likeness (QED) is 0.440. The Hall–Kier alpha value is -2.62. The lowest BCUT2D eigenvalue weighted by Crippen LogP contribution is -2.31. The zero-order valence-corrected chi connectivity index (χ0v) is 12.5. The van der Waals surface area contributed by atoms with Gasteiger partial charge in [0, 0.05) is 0 Å². The zero-order valence-electron chi connectivity index (χ0n) is 12.5. The van der Waals surface area contributed by atoms with E-state index in [2.05, 4.69) is 24.3 Å². The van der Waals surface area contributed by atoms with E-state index in [1.165, 1.54) is 0 Å². The molecule has 0 unspecified atom stereocenters. The average Bonchev–Trinajstić information content (AvgIpc) is 2.59. The van der Waals surface area contributed by atoms with Crippen molar-refractivity contribution in [1.82, 2.24) is 0 Å². The van der Waals surface area contributed by atoms with Crippen LogP contribution in [-0.2, 0) is 0 Å². The normalized spacial score (nSPS) is 11.0. The van der Waals surface area contributed by atoms with Gasteiger partial charge in [0.15, 0.2) is 0 Å². The van der Waals surface area contributed by atoms with Crippen LogP contribution in [0.2, 0.25) is 0 Å². The Labute approximate surface area is 134 Å². The fourth-order valence-electron chi connectivity index (χ4n) is 3.20. The molecule has 0 radical (unpaired) electrons. The maximum absolute atomic E-state index is 9.86. The van der Waals surface area contributed by atoms with Crippen molar-refractivity contribution < 1.29 is 10.0 Å². The molecule has 4 rings (SSSR count). The van der Waals surface area contributed by atoms with E-state index in [9.17, 15) is 10.0 Å². The Morgan fingerprint density at radius 3 is 2.04 bits per heavy atom. The van der Waals surface area contributed by atoms with E-state index in [1.807, 2.05) is 54.6 Å². The molecule has 0 aromatic heterocycles. The molecule has 4 aromatic rings. The third kappa shape index (κ3) is 2.40. The lowest BCUT2D eigenvalue weighted by molar-refractivity contribution is 0.426. The summed E-state index contributed by atoms with van der Waals surface area (Å²) in [5, 5.41) is 23.5. The predicted octanol–water partition coefficient (Wildman–Crippen LogP) is 3.34. The molecule has 0 saturated carbocycles. The molecule has 0 aliphatic carbocycles. The average molecular weight is 298 g/mol. The molecule has 0 atom stereocenters. The van der Waals surface area contributed by atoms with E-state index in [0.717, 1.165) is 32.7 Å². The van der Waals surface area contributed by atoms with Gasteiger partial charge in [-0.2, -0.15) is 0 Å². The summed E-state index contributed by atoms with van der Waals surface area (Å²) in [6, 6.07) is 26.2. The first-order valence-electron chi connectivity index (χ1n) is 7.61. The third-order valence-electron chi connectivity index (χ3n) is 4.27. The highest BCUT2D eigenvalue weighted by molar-refractivity contribution is 6.65. The van der Waals surface area contributed by atoms with Gasteiger partial charge in [0.25, 0.3) is 0 Å². The van der Waals surface area contributed by atoms with Crippen LogP contribution >= 0.6 is 0 Å². The zero-order chi connectivity index (χ0) is 15.8. The molecule has 110 valence electrons. The number of rotatable bonds is 2. The molecule has 0 amide bonds. The Kier molecular flexibility index (Phi) is 3.38. The molecule has 0 spiro atoms. The Bertz CT molecular complexity index is 994. The molecular formula is C20H15BO2. The molecule has 0 aliphatic rings. The second-order valence-electron chi connectivity index (χ2n) is 5.69. The predicted molar refractivity (Wildman–Crippen MR) is 96.7 cm³/mol. The molecule has 4 aromatic carbocycles. The number of hydrogen-bond acceptors (Lipinski definition) is 2. The minimum Gasteiger partial charge on any atom is -0.423 e. The number of hydrogen-bond donors (Lipinski definition) is 2. The van der Waals surface area contributed by atoms with Gasteiger partial charge < -0.3 is 10.0 Å². The van der Waals surface area contributed by atoms with Gasteiger partial charge in [-0.25, -0.2) is 0 Å². The van der Waals surface area contributed by atoms with E-state index < -0.39 is 7.12 Å². The highest BCUT2D eigenvalue weighted by Crippen LogP contribution is 2.27. The SMILES string of the molecule is OB(O)c1c2ccccc2cc2cc(-c3ccccc3)ccc12. The highest BCUT2D eigenvalue weighted by Gasteiger charge is 2.18. The van der Waals surface area contributed by atoms with Gasteiger partial charge in [-0.3, -0.25) is 0 Å². The molecule has 2 N–H and O–H groups in total. The molecule has 23 heavy (non-hydrogen) atoms. The molecule has 3 heteroatoms. The monoisotopic (exact) mass is 298 g/mol. The van der Waals surface area contributed by atoms with Crippen LogP contribution < -0.4 is 5.46 Å². The van der Waals surface area contributed by atoms with E-state index in [0.29, 0.717) is 5.46 Å². The standard InChI is InChI=1S/C20H15BO2/c22-21(23)20-18-9-5-4-8-16(18)13-17-12-15(10-11-19(17)20)14-6-2-1-3-7-14/h1-13,22-23H. The van der Waals surface area contributed by atoms with Gasteiger partial charge in [-0.15, -0.1) is 0 Å². The summed E-state index contributed by atoms with van der Waals surface area (Å²) in [6.45, 7) is 0. The molecule has 0 aliphatic heterocycles. The molecule has 0 bridgehead atoms. The van der Waals surface area contributed by atoms with Crippen molar-refractivity contribution in [2.75, 3.05) is 0 Å². The third-order valence-corrected chi connectivity index (χ3v) is 4.27. The minimum absolute atomic E-state index is 0.567. The summed E-state index contributed by atoms with van der Waals surface area (Å²) in [7, 11) is -1.49. The topological polar surface area (TPSA) is 40.5 Å². The van der Waals surface area contributed by atoms with Crippen LogP contribution in [0, 0.1) is 0 Å². The highest BCUT2D eigenvalue weighted by atomic mass is 16.4. The van der Waals surface area contributed by atoms with Crippen molar-refractivity contribution in [2.24, 2.45) is 0 Å². The fraction of sp³-hybridized carbons (Fsp3) is 0. The number of benzene rings is 4. The fourth-order valence-corrected chi connectivity index (χ4v) is 3.20. The number of fused-ring (bicyclic) bond motifs is 2. The van der Waals surface area contributed by atoms with Crippen molar-refractivity contribution >= 4 is 34.1 Å². The Morgan fingerprint density at radius 2 is 1.26 bits per heavy atom. The second kappa shape index (κ2) is 5.54. The molecule has 0 heterocycles. The Morgan fingerprint density at radius 1 is 0.565 bits per heavy atom. The van der Waals surface area contributed by atoms with Gasteiger partial charge in [-0.1, -0.05) is 66.7 Å². The minimum atomic E-state index is -1.49. The van der Waals surface area contributed by atoms with Gasteiger partial charge in [0.1, 0.15) is 0 Å². The van der Waals surface area contributed by atoms with Gasteiger partial charge in [0.2, 0.25) is 0 Å². The van der Waals surface area contributed by atoms with Gasteiger partial charge >= 0.3 is 7.12 Å². The summed E-state index contributed by atoms with van der Waals surface area (Å²) < 4.78 is 0. The van der Waals surface area contributed by atoms with E-state index in [4.69, 9.17) is 0 Å². The first-order chi connectivity index (χ1) is 11.2. The van der Waals surface area contributed by atoms with Crippen molar-refractivity contribution in [2.45, 2.75) is 0 Å². The maximum Gasteiger partial charge on any atom is 0.489 e.